The van der Waals surface area contributed by atoms with Gasteiger partial charge in [0.2, 0.25) is 0 Å². The molecule has 9 aromatic carbocycles. The molecule has 0 unspecified atom stereocenters. The second-order valence-electron chi connectivity index (χ2n) is 31.1. The summed E-state index contributed by atoms with van der Waals surface area (Å²) in [5, 5.41) is 3.94. The van der Waals surface area contributed by atoms with Crippen LogP contribution in [0.25, 0.3) is 72.9 Å². The quantitative estimate of drug-likeness (QED) is 0.0709. The summed E-state index contributed by atoms with van der Waals surface area (Å²) < 4.78 is 0. The first-order chi connectivity index (χ1) is 42.8. The van der Waals surface area contributed by atoms with Crippen LogP contribution in [0, 0.1) is 0 Å². The van der Waals surface area contributed by atoms with Crippen molar-refractivity contribution in [2.75, 3.05) is 0 Å². The molecule has 9 aromatic rings. The van der Waals surface area contributed by atoms with Crippen LogP contribution < -0.4 is 15.9 Å². The molecule has 0 radical (unpaired) electrons. The number of rotatable bonds is 15. The topological polar surface area (TPSA) is 0 Å². The fraction of sp³-hybridized carbons (Fsp3) is 0.267. The molecule has 1 heteroatoms. The average molecular weight is 1210 g/mol. The summed E-state index contributed by atoms with van der Waals surface area (Å²) in [6.45, 7) is 41.3. The lowest BCUT2D eigenvalue weighted by atomic mass is 9.79. The SMILES string of the molecule is CC(C)(C)c1cc(/C=C/c2ccc(/C=C/c3ccc(P(c4ccc(/C=C/c5ccc(/C=C/c6cc(C(C)(C)C)cc(C(C)(C)C)c6)cc5)cc4)c4ccc(/C=C/c5ccc(/C=C/c6cc(C(C)(C)C)cc(C(C)(C)C)c6)cc5)cc4)cc3)cc2)cc(C(C)(C)C)c1. The molecule has 0 N–H and O–H groups in total. The normalized spacial score (nSPS) is 13.2. The number of benzene rings is 9. The number of hydrogen-bond acceptors (Lipinski definition) is 0. The lowest BCUT2D eigenvalue weighted by Gasteiger charge is -2.25. The molecule has 0 atom stereocenters. The Balaban J connectivity index is 0.917. The van der Waals surface area contributed by atoms with Crippen molar-refractivity contribution in [2.45, 2.75) is 157 Å². The molecule has 0 spiro atoms. The minimum atomic E-state index is -0.855. The Kier molecular flexibility index (Phi) is 20.5. The molecule has 0 aliphatic carbocycles. The van der Waals surface area contributed by atoms with E-state index >= 15 is 0 Å². The van der Waals surface area contributed by atoms with E-state index in [-0.39, 0.29) is 32.5 Å². The van der Waals surface area contributed by atoms with Gasteiger partial charge in [-0.3, -0.25) is 0 Å². The third-order valence-corrected chi connectivity index (χ3v) is 19.6. The first-order valence-corrected chi connectivity index (χ1v) is 34.1. The standard InChI is InChI=1S/C90H99P/c1-85(2,3)76-55-73(56-77(61-76)86(4,5)6)40-37-67-25-19-64(20-26-67)31-34-70-43-49-82(50-44-70)91(83-51-45-71(46-52-83)35-32-65-21-27-68(28-22-65)38-41-74-57-78(87(7,8)9)62-79(58-74)88(10,11)12)84-53-47-72(48-54-84)36-33-66-23-29-69(30-24-66)39-42-75-59-80(89(13,14)15)63-81(60-75)90(16,17)18/h19-63H,1-18H3/b34-31+,35-32+,36-33+,40-37+,41-38+,42-39+. The van der Waals surface area contributed by atoms with Crippen LogP contribution in [-0.4, -0.2) is 0 Å². The van der Waals surface area contributed by atoms with Gasteiger partial charge in [-0.25, -0.2) is 0 Å². The Labute approximate surface area is 550 Å². The van der Waals surface area contributed by atoms with Crippen molar-refractivity contribution < 1.29 is 0 Å². The smallest absolute Gasteiger partial charge is 0.0132 e. The Bertz CT molecular complexity index is 3580. The fourth-order valence-electron chi connectivity index (χ4n) is 10.8. The molecular weight excluding hydrogens is 1110 g/mol. The highest BCUT2D eigenvalue weighted by Gasteiger charge is 2.24. The van der Waals surface area contributed by atoms with Crippen LogP contribution >= 0.6 is 7.92 Å². The second-order valence-corrected chi connectivity index (χ2v) is 33.4. The van der Waals surface area contributed by atoms with Gasteiger partial charge in [0, 0.05) is 0 Å². The molecule has 0 aliphatic rings. The summed E-state index contributed by atoms with van der Waals surface area (Å²) in [5.74, 6) is 0. The van der Waals surface area contributed by atoms with Crippen LogP contribution in [0.2, 0.25) is 0 Å². The molecule has 0 bridgehead atoms. The van der Waals surface area contributed by atoms with Crippen LogP contribution in [0.5, 0.6) is 0 Å². The Morgan fingerprint density at radius 2 is 0.286 bits per heavy atom. The van der Waals surface area contributed by atoms with Crippen LogP contribution in [-0.2, 0) is 32.5 Å². The van der Waals surface area contributed by atoms with E-state index in [1.807, 2.05) is 0 Å². The minimum absolute atomic E-state index is 0.0808. The zero-order valence-electron chi connectivity index (χ0n) is 57.9. The molecule has 464 valence electrons. The van der Waals surface area contributed by atoms with Crippen molar-refractivity contribution in [2.24, 2.45) is 0 Å². The summed E-state index contributed by atoms with van der Waals surface area (Å²) in [7, 11) is -0.855. The molecule has 0 amide bonds. The second kappa shape index (κ2) is 27.8. The zero-order valence-corrected chi connectivity index (χ0v) is 58.8. The van der Waals surface area contributed by atoms with Gasteiger partial charge in [-0.1, -0.05) is 398 Å². The van der Waals surface area contributed by atoms with Crippen molar-refractivity contribution in [1.29, 1.82) is 0 Å². The first kappa shape index (κ1) is 67.2. The van der Waals surface area contributed by atoms with E-state index in [0.717, 1.165) is 0 Å². The highest BCUT2D eigenvalue weighted by atomic mass is 31.1. The molecule has 0 saturated carbocycles. The van der Waals surface area contributed by atoms with E-state index in [9.17, 15) is 0 Å². The summed E-state index contributed by atoms with van der Waals surface area (Å²) in [6, 6.07) is 75.3. The minimum Gasteiger partial charge on any atom is -0.0561 e. The lowest BCUT2D eigenvalue weighted by molar-refractivity contribution is 0.568. The summed E-state index contributed by atoms with van der Waals surface area (Å²) in [5.41, 5.74) is 23.0. The molecule has 0 nitrogen and oxygen atoms in total. The van der Waals surface area contributed by atoms with Gasteiger partial charge in [-0.2, -0.15) is 0 Å². The van der Waals surface area contributed by atoms with Gasteiger partial charge in [0.25, 0.3) is 0 Å². The molecule has 0 saturated heterocycles. The Hall–Kier alpha value is -8.15. The van der Waals surface area contributed by atoms with Crippen molar-refractivity contribution in [3.63, 3.8) is 0 Å². The fourth-order valence-corrected chi connectivity index (χ4v) is 13.0. The predicted octanol–water partition coefficient (Wildman–Crippen LogP) is 24.3. The summed E-state index contributed by atoms with van der Waals surface area (Å²) in [6.07, 6.45) is 26.8. The average Bonchev–Trinajstić information content (AvgIpc) is 0.968. The van der Waals surface area contributed by atoms with E-state index in [4.69, 9.17) is 0 Å². The van der Waals surface area contributed by atoms with Gasteiger partial charge in [0.15, 0.2) is 0 Å². The van der Waals surface area contributed by atoms with E-state index in [1.54, 1.807) is 0 Å². The third kappa shape index (κ3) is 19.0. The Morgan fingerprint density at radius 3 is 0.418 bits per heavy atom. The maximum atomic E-state index is 2.38. The van der Waals surface area contributed by atoms with E-state index in [0.29, 0.717) is 0 Å². The molecule has 0 aromatic heterocycles. The highest BCUT2D eigenvalue weighted by molar-refractivity contribution is 7.79. The molecule has 9 rings (SSSR count). The maximum absolute atomic E-state index is 2.38. The summed E-state index contributed by atoms with van der Waals surface area (Å²) >= 11 is 0. The van der Waals surface area contributed by atoms with Gasteiger partial charge in [0.05, 0.1) is 0 Å². The van der Waals surface area contributed by atoms with Gasteiger partial charge in [0.1, 0.15) is 0 Å². The maximum Gasteiger partial charge on any atom is -0.0132 e. The van der Waals surface area contributed by atoms with Crippen LogP contribution in [0.3, 0.4) is 0 Å². The Morgan fingerprint density at radius 1 is 0.165 bits per heavy atom. The van der Waals surface area contributed by atoms with Crippen molar-refractivity contribution in [1.82, 2.24) is 0 Å². The first-order valence-electron chi connectivity index (χ1n) is 32.8. The van der Waals surface area contributed by atoms with Crippen LogP contribution in [0.4, 0.5) is 0 Å². The highest BCUT2D eigenvalue weighted by Crippen LogP contribution is 2.37. The molecule has 0 aliphatic heterocycles. The monoisotopic (exact) mass is 1210 g/mol. The van der Waals surface area contributed by atoms with Crippen LogP contribution in [0.1, 0.15) is 225 Å². The predicted molar refractivity (Wildman–Crippen MR) is 410 cm³/mol. The molecule has 0 heterocycles. The van der Waals surface area contributed by atoms with E-state index < -0.39 is 7.92 Å². The van der Waals surface area contributed by atoms with Crippen molar-refractivity contribution in [3.05, 3.63) is 300 Å². The van der Waals surface area contributed by atoms with Gasteiger partial charge < -0.3 is 0 Å². The van der Waals surface area contributed by atoms with Gasteiger partial charge in [-0.15, -0.1) is 0 Å². The number of hydrogen-bond donors (Lipinski definition) is 0. The van der Waals surface area contributed by atoms with Gasteiger partial charge in [-0.05, 0) is 156 Å². The summed E-state index contributed by atoms with van der Waals surface area (Å²) in [4.78, 5) is 0. The largest absolute Gasteiger partial charge is 0.0561 e. The molecule has 0 fully saturated rings. The zero-order chi connectivity index (χ0) is 65.5. The lowest BCUT2D eigenvalue weighted by Crippen LogP contribution is -2.20. The van der Waals surface area contributed by atoms with E-state index in [1.165, 1.54) is 116 Å². The van der Waals surface area contributed by atoms with Crippen molar-refractivity contribution >= 4 is 96.7 Å². The van der Waals surface area contributed by atoms with E-state index in [2.05, 4.69) is 398 Å². The van der Waals surface area contributed by atoms with Crippen molar-refractivity contribution in [3.8, 4) is 0 Å². The van der Waals surface area contributed by atoms with Crippen LogP contribution in [0.15, 0.2) is 200 Å². The third-order valence-electron chi connectivity index (χ3n) is 17.1. The van der Waals surface area contributed by atoms with Gasteiger partial charge >= 0.3 is 0 Å². The molecule has 91 heavy (non-hydrogen) atoms. The molecular formula is C90H99P.